The number of rotatable bonds is 3. The van der Waals surface area contributed by atoms with E-state index in [1.165, 1.54) is 0 Å². The van der Waals surface area contributed by atoms with Crippen LogP contribution in [0.15, 0.2) is 11.6 Å². The number of nitrogens with one attached hydrogen (secondary N) is 2. The molecule has 1 atom stereocenters. The highest BCUT2D eigenvalue weighted by Gasteiger charge is 2.29. The maximum atomic E-state index is 10.9. The molecule has 12 heavy (non-hydrogen) atoms. The molecule has 1 unspecified atom stereocenters. The number of hydrogen-bond acceptors (Lipinski definition) is 3. The molecule has 66 valence electrons. The first-order valence-corrected chi connectivity index (χ1v) is 3.88. The number of carbonyl (C=O) groups excluding carboxylic acids is 2. The summed E-state index contributed by atoms with van der Waals surface area (Å²) in [4.78, 5) is 21.6. The highest BCUT2D eigenvalue weighted by Crippen LogP contribution is 2.02. The fourth-order valence-electron chi connectivity index (χ4n) is 0.952. The zero-order valence-corrected chi connectivity index (χ0v) is 7.15. The fraction of sp³-hybridized carbons (Fsp3) is 0.429. The van der Waals surface area contributed by atoms with Gasteiger partial charge in [0.15, 0.2) is 0 Å². The van der Waals surface area contributed by atoms with E-state index in [1.54, 1.807) is 0 Å². The minimum Gasteiger partial charge on any atom is -0.300 e. The molecule has 5 heteroatoms. The maximum absolute atomic E-state index is 10.9. The van der Waals surface area contributed by atoms with E-state index in [4.69, 9.17) is 11.6 Å². The van der Waals surface area contributed by atoms with Crippen molar-refractivity contribution >= 4 is 23.4 Å². The van der Waals surface area contributed by atoms with Crippen molar-refractivity contribution in [3.63, 3.8) is 0 Å². The summed E-state index contributed by atoms with van der Waals surface area (Å²) in [5.41, 5.74) is 0. The zero-order valence-electron chi connectivity index (χ0n) is 6.39. The largest absolute Gasteiger partial charge is 0.300 e. The molecule has 0 spiro atoms. The molecule has 1 fully saturated rings. The molecule has 0 saturated carbocycles. The van der Waals surface area contributed by atoms with Gasteiger partial charge in [-0.1, -0.05) is 18.2 Å². The molecule has 0 bridgehead atoms. The molecule has 0 aromatic heterocycles. The molecule has 4 nitrogen and oxygen atoms in total. The van der Waals surface area contributed by atoms with Crippen molar-refractivity contribution in [1.82, 2.24) is 10.6 Å². The Morgan fingerprint density at radius 2 is 2.42 bits per heavy atom. The lowest BCUT2D eigenvalue weighted by Crippen LogP contribution is -2.36. The van der Waals surface area contributed by atoms with Crippen LogP contribution in [0.5, 0.6) is 0 Å². The summed E-state index contributed by atoms with van der Waals surface area (Å²) >= 11 is 5.47. The van der Waals surface area contributed by atoms with Crippen molar-refractivity contribution in [3.8, 4) is 0 Å². The van der Waals surface area contributed by atoms with Crippen LogP contribution >= 0.6 is 11.6 Å². The van der Waals surface area contributed by atoms with Gasteiger partial charge in [-0.25, -0.2) is 0 Å². The summed E-state index contributed by atoms with van der Waals surface area (Å²) in [5, 5.41) is 5.39. The van der Waals surface area contributed by atoms with Gasteiger partial charge in [0.2, 0.25) is 11.8 Å². The summed E-state index contributed by atoms with van der Waals surface area (Å²) in [6.45, 7) is 3.79. The van der Waals surface area contributed by atoms with E-state index in [-0.39, 0.29) is 18.2 Å². The van der Waals surface area contributed by atoms with Gasteiger partial charge in [-0.05, 0) is 0 Å². The van der Waals surface area contributed by atoms with Gasteiger partial charge in [0.1, 0.15) is 0 Å². The first kappa shape index (κ1) is 9.22. The third kappa shape index (κ3) is 2.32. The van der Waals surface area contributed by atoms with Crippen molar-refractivity contribution in [1.29, 1.82) is 0 Å². The molecule has 0 aromatic rings. The predicted molar refractivity (Wildman–Crippen MR) is 44.6 cm³/mol. The monoisotopic (exact) mass is 188 g/mol. The van der Waals surface area contributed by atoms with Gasteiger partial charge in [-0.3, -0.25) is 14.9 Å². The normalized spacial score (nSPS) is 22.6. The molecular formula is C7H9ClN2O2. The molecule has 2 amide bonds. The highest BCUT2D eigenvalue weighted by molar-refractivity contribution is 6.29. The van der Waals surface area contributed by atoms with Crippen LogP contribution in [-0.4, -0.2) is 24.4 Å². The van der Waals surface area contributed by atoms with Crippen molar-refractivity contribution in [2.75, 3.05) is 6.54 Å². The van der Waals surface area contributed by atoms with Gasteiger partial charge in [0, 0.05) is 11.6 Å². The molecule has 1 aliphatic heterocycles. The topological polar surface area (TPSA) is 58.2 Å². The lowest BCUT2D eigenvalue weighted by Gasteiger charge is -2.06. The Balaban J connectivity index is 2.38. The van der Waals surface area contributed by atoms with E-state index in [0.717, 1.165) is 0 Å². The Labute approximate surface area is 75.0 Å². The van der Waals surface area contributed by atoms with Crippen molar-refractivity contribution in [2.24, 2.45) is 0 Å². The summed E-state index contributed by atoms with van der Waals surface area (Å²) in [6, 6.07) is -0.451. The van der Waals surface area contributed by atoms with Crippen LogP contribution in [0, 0.1) is 0 Å². The Morgan fingerprint density at radius 1 is 1.75 bits per heavy atom. The maximum Gasteiger partial charge on any atom is 0.244 e. The molecule has 1 rings (SSSR count). The Hall–Kier alpha value is -0.870. The van der Waals surface area contributed by atoms with Crippen LogP contribution in [0.3, 0.4) is 0 Å². The van der Waals surface area contributed by atoms with E-state index < -0.39 is 6.04 Å². The zero-order chi connectivity index (χ0) is 9.14. The van der Waals surface area contributed by atoms with Crippen LogP contribution in [0.25, 0.3) is 0 Å². The first-order chi connectivity index (χ1) is 5.59. The SMILES string of the molecule is C=C(Cl)CNC1CC(=O)NC1=O. The van der Waals surface area contributed by atoms with Gasteiger partial charge in [0.25, 0.3) is 0 Å². The lowest BCUT2D eigenvalue weighted by atomic mass is 10.2. The third-order valence-corrected chi connectivity index (χ3v) is 1.64. The number of halogens is 1. The van der Waals surface area contributed by atoms with E-state index >= 15 is 0 Å². The standard InChI is InChI=1S/C7H9ClN2O2/c1-4(8)3-9-5-2-6(11)10-7(5)12/h5,9H,1-3H2,(H,10,11,12). The van der Waals surface area contributed by atoms with Gasteiger partial charge in [0.05, 0.1) is 12.5 Å². The van der Waals surface area contributed by atoms with E-state index in [0.29, 0.717) is 11.6 Å². The fourth-order valence-corrected chi connectivity index (χ4v) is 1.03. The van der Waals surface area contributed by atoms with Crippen LogP contribution in [0.2, 0.25) is 0 Å². The average Bonchev–Trinajstić information content (AvgIpc) is 2.26. The number of amides is 2. The van der Waals surface area contributed by atoms with Crippen LogP contribution < -0.4 is 10.6 Å². The minimum atomic E-state index is -0.451. The second kappa shape index (κ2) is 3.69. The van der Waals surface area contributed by atoms with Gasteiger partial charge in [-0.15, -0.1) is 0 Å². The predicted octanol–water partition coefficient (Wildman–Crippen LogP) is -0.256. The van der Waals surface area contributed by atoms with Crippen LogP contribution in [-0.2, 0) is 9.59 Å². The quantitative estimate of drug-likeness (QED) is 0.601. The summed E-state index contributed by atoms with van der Waals surface area (Å²) < 4.78 is 0. The van der Waals surface area contributed by atoms with E-state index in [9.17, 15) is 9.59 Å². The lowest BCUT2D eigenvalue weighted by molar-refractivity contribution is -0.125. The molecule has 0 aliphatic carbocycles. The second-order valence-electron chi connectivity index (χ2n) is 2.57. The van der Waals surface area contributed by atoms with Crippen molar-refractivity contribution < 1.29 is 9.59 Å². The molecular weight excluding hydrogens is 180 g/mol. The molecule has 1 saturated heterocycles. The Morgan fingerprint density at radius 3 is 2.83 bits per heavy atom. The minimum absolute atomic E-state index is 0.184. The molecule has 1 heterocycles. The van der Waals surface area contributed by atoms with Gasteiger partial charge >= 0.3 is 0 Å². The molecule has 0 radical (unpaired) electrons. The van der Waals surface area contributed by atoms with E-state index in [1.807, 2.05) is 0 Å². The van der Waals surface area contributed by atoms with Crippen LogP contribution in [0.4, 0.5) is 0 Å². The van der Waals surface area contributed by atoms with E-state index in [2.05, 4.69) is 17.2 Å². The number of hydrogen-bond donors (Lipinski definition) is 2. The smallest absolute Gasteiger partial charge is 0.244 e. The van der Waals surface area contributed by atoms with Gasteiger partial charge in [-0.2, -0.15) is 0 Å². The van der Waals surface area contributed by atoms with Crippen molar-refractivity contribution in [2.45, 2.75) is 12.5 Å². The van der Waals surface area contributed by atoms with Crippen molar-refractivity contribution in [3.05, 3.63) is 11.6 Å². The Bertz CT molecular complexity index is 240. The summed E-state index contributed by atoms with van der Waals surface area (Å²) in [6.07, 6.45) is 0.184. The Kier molecular flexibility index (Phi) is 2.83. The first-order valence-electron chi connectivity index (χ1n) is 3.50. The van der Waals surface area contributed by atoms with Crippen LogP contribution in [0.1, 0.15) is 6.42 Å². The average molecular weight is 189 g/mol. The third-order valence-electron chi connectivity index (χ3n) is 1.51. The molecule has 1 aliphatic rings. The highest BCUT2D eigenvalue weighted by atomic mass is 35.5. The summed E-state index contributed by atoms with van der Waals surface area (Å²) in [5.74, 6) is -0.546. The molecule has 0 aromatic carbocycles. The summed E-state index contributed by atoms with van der Waals surface area (Å²) in [7, 11) is 0. The van der Waals surface area contributed by atoms with Gasteiger partial charge < -0.3 is 5.32 Å². The second-order valence-corrected chi connectivity index (χ2v) is 3.10. The number of carbonyl (C=O) groups is 2. The number of imide groups is 1. The molecule has 2 N–H and O–H groups in total.